The van der Waals surface area contributed by atoms with Crippen LogP contribution in [0.1, 0.15) is 5.56 Å². The molecule has 0 unspecified atom stereocenters. The molecule has 0 saturated carbocycles. The van der Waals surface area contributed by atoms with E-state index in [4.69, 9.17) is 16.9 Å². The zero-order valence-electron chi connectivity index (χ0n) is 6.45. The number of nitriles is 1. The van der Waals surface area contributed by atoms with E-state index in [1.54, 1.807) is 0 Å². The van der Waals surface area contributed by atoms with E-state index < -0.39 is 0 Å². The Kier molecular flexibility index (Phi) is 1.61. The zero-order chi connectivity index (χ0) is 9.42. The van der Waals surface area contributed by atoms with Gasteiger partial charge in [0.1, 0.15) is 29.4 Å². The molecule has 0 aliphatic heterocycles. The normalized spacial score (nSPS) is 10.2. The van der Waals surface area contributed by atoms with Crippen molar-refractivity contribution in [2.24, 2.45) is 0 Å². The topological polar surface area (TPSA) is 63.7 Å². The number of H-pyrrole nitrogens is 1. The van der Waals surface area contributed by atoms with Gasteiger partial charge in [-0.15, -0.1) is 0 Å². The first-order valence-electron chi connectivity index (χ1n) is 3.54. The second-order valence-electron chi connectivity index (χ2n) is 2.55. The van der Waals surface area contributed by atoms with Crippen LogP contribution in [0.25, 0.3) is 11.0 Å². The van der Waals surface area contributed by atoms with Gasteiger partial charge in [-0.1, -0.05) is 16.3 Å². The molecular weight excluding hydrogens is 190 g/mol. The highest BCUT2D eigenvalue weighted by Gasteiger charge is 2.16. The lowest BCUT2D eigenvalue weighted by atomic mass is 10.2. The van der Waals surface area contributed by atoms with E-state index in [1.807, 2.05) is 6.07 Å². The van der Waals surface area contributed by atoms with E-state index in [0.717, 1.165) is 4.73 Å². The second-order valence-corrected chi connectivity index (χ2v) is 2.95. The highest BCUT2D eigenvalue weighted by atomic mass is 35.5. The number of rotatable bonds is 0. The zero-order valence-corrected chi connectivity index (χ0v) is 7.21. The van der Waals surface area contributed by atoms with Crippen LogP contribution in [0.5, 0.6) is 0 Å². The molecule has 0 atom stereocenters. The number of aromatic amines is 1. The summed E-state index contributed by atoms with van der Waals surface area (Å²) in [6.07, 6.45) is 2.91. The molecule has 2 aromatic rings. The van der Waals surface area contributed by atoms with Gasteiger partial charge in [-0.25, -0.2) is 4.98 Å². The van der Waals surface area contributed by atoms with Gasteiger partial charge in [0.15, 0.2) is 0 Å². The summed E-state index contributed by atoms with van der Waals surface area (Å²) in [5.41, 5.74) is 0.840. The SMILES string of the molecule is N#Cc1c[nH]c2c1c(Cl)cc[n+]2O. The smallest absolute Gasteiger partial charge is 0.328 e. The van der Waals surface area contributed by atoms with Crippen LogP contribution in [0.4, 0.5) is 0 Å². The first-order valence-corrected chi connectivity index (χ1v) is 3.92. The number of nitrogens with one attached hydrogen (secondary N) is 1. The Morgan fingerprint density at radius 1 is 1.62 bits per heavy atom. The maximum Gasteiger partial charge on any atom is 0.328 e. The number of aromatic nitrogens is 2. The molecule has 0 spiro atoms. The molecule has 0 bridgehead atoms. The molecule has 2 aromatic heterocycles. The first kappa shape index (κ1) is 7.90. The molecule has 0 aromatic carbocycles. The van der Waals surface area contributed by atoms with Gasteiger partial charge < -0.3 is 5.21 Å². The van der Waals surface area contributed by atoms with Gasteiger partial charge in [-0.05, 0) is 0 Å². The third-order valence-electron chi connectivity index (χ3n) is 1.81. The lowest BCUT2D eigenvalue weighted by molar-refractivity contribution is -0.885. The van der Waals surface area contributed by atoms with Crippen LogP contribution >= 0.6 is 11.6 Å². The second kappa shape index (κ2) is 2.64. The summed E-state index contributed by atoms with van der Waals surface area (Å²) in [5, 5.41) is 19.0. The van der Waals surface area contributed by atoms with Crippen molar-refractivity contribution in [1.82, 2.24) is 4.98 Å². The van der Waals surface area contributed by atoms with E-state index in [1.165, 1.54) is 18.5 Å². The van der Waals surface area contributed by atoms with Crippen molar-refractivity contribution in [3.05, 3.63) is 29.0 Å². The third kappa shape index (κ3) is 1.02. The van der Waals surface area contributed by atoms with Gasteiger partial charge in [0.05, 0.1) is 5.02 Å². The number of fused-ring (bicyclic) bond motifs is 1. The van der Waals surface area contributed by atoms with Crippen molar-refractivity contribution >= 4 is 22.6 Å². The number of halogens is 1. The van der Waals surface area contributed by atoms with Crippen LogP contribution in [-0.2, 0) is 0 Å². The molecule has 0 amide bonds. The largest absolute Gasteiger partial charge is 0.350 e. The van der Waals surface area contributed by atoms with Crippen molar-refractivity contribution < 1.29 is 9.94 Å². The predicted molar refractivity (Wildman–Crippen MR) is 45.4 cm³/mol. The Hall–Kier alpha value is -1.73. The van der Waals surface area contributed by atoms with E-state index in [2.05, 4.69) is 4.98 Å². The van der Waals surface area contributed by atoms with Crippen molar-refractivity contribution in [2.45, 2.75) is 0 Å². The van der Waals surface area contributed by atoms with E-state index >= 15 is 0 Å². The maximum atomic E-state index is 9.32. The summed E-state index contributed by atoms with van der Waals surface area (Å²) >= 11 is 5.86. The van der Waals surface area contributed by atoms with Crippen molar-refractivity contribution in [2.75, 3.05) is 0 Å². The molecule has 0 fully saturated rings. The third-order valence-corrected chi connectivity index (χ3v) is 2.12. The number of pyridine rings is 1. The summed E-state index contributed by atoms with van der Waals surface area (Å²) in [4.78, 5) is 2.75. The fourth-order valence-corrected chi connectivity index (χ4v) is 1.46. The summed E-state index contributed by atoms with van der Waals surface area (Å²) in [6.45, 7) is 0. The fourth-order valence-electron chi connectivity index (χ4n) is 1.22. The van der Waals surface area contributed by atoms with Crippen LogP contribution in [0.2, 0.25) is 5.02 Å². The Morgan fingerprint density at radius 2 is 2.38 bits per heavy atom. The average molecular weight is 195 g/mol. The Balaban J connectivity index is 2.98. The number of hydrogen-bond donors (Lipinski definition) is 2. The van der Waals surface area contributed by atoms with Crippen LogP contribution in [0.15, 0.2) is 18.5 Å². The lowest BCUT2D eigenvalue weighted by Crippen LogP contribution is -2.30. The molecule has 4 nitrogen and oxygen atoms in total. The molecule has 0 radical (unpaired) electrons. The maximum absolute atomic E-state index is 9.32. The van der Waals surface area contributed by atoms with Crippen LogP contribution in [-0.4, -0.2) is 10.2 Å². The fraction of sp³-hybridized carbons (Fsp3) is 0. The molecule has 13 heavy (non-hydrogen) atoms. The van der Waals surface area contributed by atoms with Crippen molar-refractivity contribution in [3.8, 4) is 6.07 Å². The molecule has 64 valence electrons. The molecule has 2 heterocycles. The molecule has 0 aliphatic carbocycles. The first-order chi connectivity index (χ1) is 6.24. The number of hydrogen-bond acceptors (Lipinski definition) is 2. The monoisotopic (exact) mass is 194 g/mol. The van der Waals surface area contributed by atoms with Crippen molar-refractivity contribution in [3.63, 3.8) is 0 Å². The van der Waals surface area contributed by atoms with Gasteiger partial charge >= 0.3 is 5.65 Å². The highest BCUT2D eigenvalue weighted by molar-refractivity contribution is 6.35. The Labute approximate surface area is 78.6 Å². The minimum absolute atomic E-state index is 0.420. The molecular formula is C8H5ClN3O+. The van der Waals surface area contributed by atoms with Crippen LogP contribution in [0.3, 0.4) is 0 Å². The van der Waals surface area contributed by atoms with Crippen molar-refractivity contribution in [1.29, 1.82) is 5.26 Å². The Bertz CT molecular complexity index is 512. The molecule has 2 rings (SSSR count). The quantitative estimate of drug-likeness (QED) is 0.489. The van der Waals surface area contributed by atoms with E-state index in [-0.39, 0.29) is 0 Å². The van der Waals surface area contributed by atoms with Gasteiger partial charge in [0.25, 0.3) is 0 Å². The number of nitrogens with zero attached hydrogens (tertiary/aromatic N) is 2. The van der Waals surface area contributed by atoms with Gasteiger partial charge in [-0.2, -0.15) is 5.26 Å². The summed E-state index contributed by atoms with van der Waals surface area (Å²) in [7, 11) is 0. The van der Waals surface area contributed by atoms with Crippen LogP contribution < -0.4 is 4.73 Å². The molecule has 0 saturated heterocycles. The average Bonchev–Trinajstić information content (AvgIpc) is 2.56. The van der Waals surface area contributed by atoms with Crippen LogP contribution in [0, 0.1) is 11.3 Å². The summed E-state index contributed by atoms with van der Waals surface area (Å²) in [6, 6.07) is 3.50. The minimum atomic E-state index is 0.420. The van der Waals surface area contributed by atoms with Gasteiger partial charge in [0, 0.05) is 6.07 Å². The van der Waals surface area contributed by atoms with E-state index in [0.29, 0.717) is 21.6 Å². The predicted octanol–water partition coefficient (Wildman–Crippen LogP) is 1.22. The summed E-state index contributed by atoms with van der Waals surface area (Å²) in [5.74, 6) is 0. The minimum Gasteiger partial charge on any atom is -0.350 e. The van der Waals surface area contributed by atoms with Gasteiger partial charge in [0.2, 0.25) is 0 Å². The Morgan fingerprint density at radius 3 is 3.08 bits per heavy atom. The molecule has 2 N–H and O–H groups in total. The van der Waals surface area contributed by atoms with E-state index in [9.17, 15) is 5.21 Å². The molecule has 0 aliphatic rings. The van der Waals surface area contributed by atoms with Gasteiger partial charge in [-0.3, -0.25) is 0 Å². The highest BCUT2D eigenvalue weighted by Crippen LogP contribution is 2.22. The standard InChI is InChI=1S/C8H4ClN3O/c9-6-1-2-12(13)8-7(6)5(3-10)4-11-8/h1-2,4,13H/p+1. The molecule has 5 heteroatoms. The lowest BCUT2D eigenvalue weighted by Gasteiger charge is -1.91. The summed E-state index contributed by atoms with van der Waals surface area (Å²) < 4.78 is 0.891.